The maximum absolute atomic E-state index is 13.0. The topological polar surface area (TPSA) is 12.0 Å². The van der Waals surface area contributed by atoms with Crippen LogP contribution < -0.4 is 5.32 Å². The molecule has 0 unspecified atom stereocenters. The predicted molar refractivity (Wildman–Crippen MR) is 67.8 cm³/mol. The zero-order valence-corrected chi connectivity index (χ0v) is 10.4. The molecule has 0 atom stereocenters. The molecule has 0 heterocycles. The van der Waals surface area contributed by atoms with Crippen molar-refractivity contribution in [3.05, 3.63) is 41.5 Å². The predicted octanol–water partition coefficient (Wildman–Crippen LogP) is 3.76. The number of benzene rings is 1. The Kier molecular flexibility index (Phi) is 5.84. The number of hydrogen-bond acceptors (Lipinski definition) is 1. The zero-order valence-electron chi connectivity index (χ0n) is 10.4. The monoisotopic (exact) mass is 239 g/mol. The number of halogens is 2. The van der Waals surface area contributed by atoms with Gasteiger partial charge in [-0.3, -0.25) is 0 Å². The molecule has 0 bridgehead atoms. The quantitative estimate of drug-likeness (QED) is 0.745. The third kappa shape index (κ3) is 5.09. The lowest BCUT2D eigenvalue weighted by molar-refractivity contribution is 0.582. The van der Waals surface area contributed by atoms with Gasteiger partial charge in [-0.2, -0.15) is 0 Å². The molecular weight excluding hydrogens is 220 g/mol. The van der Waals surface area contributed by atoms with Crippen LogP contribution >= 0.6 is 0 Å². The summed E-state index contributed by atoms with van der Waals surface area (Å²) in [4.78, 5) is 0. The molecule has 1 rings (SSSR count). The Balaban J connectivity index is 2.55. The molecule has 0 aromatic heterocycles. The second-order valence-electron chi connectivity index (χ2n) is 4.08. The maximum atomic E-state index is 13.0. The largest absolute Gasteiger partial charge is 0.316 e. The molecule has 1 N–H and O–H groups in total. The van der Waals surface area contributed by atoms with Crippen LogP contribution in [-0.2, 0) is 0 Å². The van der Waals surface area contributed by atoms with Gasteiger partial charge in [0.15, 0.2) is 0 Å². The first-order chi connectivity index (χ1) is 8.13. The lowest BCUT2D eigenvalue weighted by Crippen LogP contribution is -2.15. The second kappa shape index (κ2) is 7.17. The van der Waals surface area contributed by atoms with Crippen molar-refractivity contribution < 1.29 is 8.78 Å². The molecule has 1 nitrogen and oxygen atoms in total. The highest BCUT2D eigenvalue weighted by Gasteiger charge is 2.01. The molecule has 94 valence electrons. The van der Waals surface area contributed by atoms with Gasteiger partial charge < -0.3 is 5.32 Å². The Morgan fingerprint density at radius 3 is 2.41 bits per heavy atom. The van der Waals surface area contributed by atoms with Crippen LogP contribution in [0.1, 0.15) is 32.3 Å². The summed E-state index contributed by atoms with van der Waals surface area (Å²) in [5.41, 5.74) is 1.51. The van der Waals surface area contributed by atoms with Crippen molar-refractivity contribution in [3.63, 3.8) is 0 Å². The van der Waals surface area contributed by atoms with Gasteiger partial charge in [0.05, 0.1) is 0 Å². The van der Waals surface area contributed by atoms with Gasteiger partial charge in [0, 0.05) is 6.07 Å². The van der Waals surface area contributed by atoms with Crippen molar-refractivity contribution in [2.75, 3.05) is 13.1 Å². The van der Waals surface area contributed by atoms with Gasteiger partial charge in [-0.25, -0.2) is 8.78 Å². The molecular formula is C14H19F2N. The molecule has 0 aliphatic heterocycles. The van der Waals surface area contributed by atoms with Crippen molar-refractivity contribution in [2.24, 2.45) is 0 Å². The summed E-state index contributed by atoms with van der Waals surface area (Å²) >= 11 is 0. The van der Waals surface area contributed by atoms with Crippen LogP contribution in [0.5, 0.6) is 0 Å². The van der Waals surface area contributed by atoms with Crippen molar-refractivity contribution in [1.29, 1.82) is 0 Å². The number of nitrogens with one attached hydrogen (secondary N) is 1. The highest BCUT2D eigenvalue weighted by Crippen LogP contribution is 2.17. The minimum Gasteiger partial charge on any atom is -0.316 e. The summed E-state index contributed by atoms with van der Waals surface area (Å²) in [7, 11) is 0. The lowest BCUT2D eigenvalue weighted by Gasteiger charge is -2.04. The van der Waals surface area contributed by atoms with Crippen LogP contribution in [-0.4, -0.2) is 13.1 Å². The van der Waals surface area contributed by atoms with Crippen molar-refractivity contribution >= 4 is 5.57 Å². The first kappa shape index (κ1) is 13.8. The fourth-order valence-electron chi connectivity index (χ4n) is 1.59. The Labute approximate surface area is 102 Å². The first-order valence-electron chi connectivity index (χ1n) is 5.97. The molecule has 17 heavy (non-hydrogen) atoms. The third-order valence-corrected chi connectivity index (χ3v) is 2.52. The average Bonchev–Trinajstić information content (AvgIpc) is 2.27. The fourth-order valence-corrected chi connectivity index (χ4v) is 1.59. The van der Waals surface area contributed by atoms with E-state index in [9.17, 15) is 8.78 Å². The van der Waals surface area contributed by atoms with E-state index in [1.54, 1.807) is 0 Å². The van der Waals surface area contributed by atoms with E-state index < -0.39 is 11.6 Å². The Morgan fingerprint density at radius 2 is 1.82 bits per heavy atom. The summed E-state index contributed by atoms with van der Waals surface area (Å²) in [6.07, 6.45) is 3.97. The number of rotatable bonds is 6. The Bertz CT molecular complexity index is 366. The van der Waals surface area contributed by atoms with E-state index in [2.05, 4.69) is 12.2 Å². The number of allylic oxidation sites excluding steroid dienone is 1. The first-order valence-corrected chi connectivity index (χ1v) is 5.97. The van der Waals surface area contributed by atoms with Crippen LogP contribution in [0.25, 0.3) is 5.57 Å². The Morgan fingerprint density at radius 1 is 1.18 bits per heavy atom. The van der Waals surface area contributed by atoms with Crippen molar-refractivity contribution in [3.8, 4) is 0 Å². The van der Waals surface area contributed by atoms with Crippen LogP contribution in [0, 0.1) is 11.6 Å². The van der Waals surface area contributed by atoms with Gasteiger partial charge in [0.2, 0.25) is 0 Å². The summed E-state index contributed by atoms with van der Waals surface area (Å²) < 4.78 is 26.0. The minimum absolute atomic E-state index is 0.531. The standard InChI is InChI=1S/C14H19F2N/c1-3-6-17-7-4-5-11(2)12-8-13(15)10-14(16)9-12/h5,8-10,17H,3-4,6-7H2,1-2H3. The molecule has 1 aromatic rings. The third-order valence-electron chi connectivity index (χ3n) is 2.52. The number of hydrogen-bond donors (Lipinski definition) is 1. The van der Waals surface area contributed by atoms with Gasteiger partial charge in [0.25, 0.3) is 0 Å². The molecule has 0 aliphatic carbocycles. The average molecular weight is 239 g/mol. The van der Waals surface area contributed by atoms with Gasteiger partial charge in [-0.05, 0) is 56.1 Å². The van der Waals surface area contributed by atoms with Gasteiger partial charge in [-0.1, -0.05) is 13.0 Å². The minimum atomic E-state index is -0.531. The van der Waals surface area contributed by atoms with Crippen LogP contribution in [0.3, 0.4) is 0 Å². The molecule has 3 heteroatoms. The molecule has 0 spiro atoms. The molecule has 1 aromatic carbocycles. The van der Waals surface area contributed by atoms with Crippen LogP contribution in [0.2, 0.25) is 0 Å². The highest BCUT2D eigenvalue weighted by atomic mass is 19.1. The van der Waals surface area contributed by atoms with Crippen molar-refractivity contribution in [1.82, 2.24) is 5.32 Å². The summed E-state index contributed by atoms with van der Waals surface area (Å²) in [5.74, 6) is -1.06. The van der Waals surface area contributed by atoms with Gasteiger partial charge in [-0.15, -0.1) is 0 Å². The van der Waals surface area contributed by atoms with E-state index in [1.165, 1.54) is 12.1 Å². The van der Waals surface area contributed by atoms with E-state index in [4.69, 9.17) is 0 Å². The van der Waals surface area contributed by atoms with Crippen molar-refractivity contribution in [2.45, 2.75) is 26.7 Å². The van der Waals surface area contributed by atoms with Crippen LogP contribution in [0.15, 0.2) is 24.3 Å². The summed E-state index contributed by atoms with van der Waals surface area (Å²) in [6.45, 7) is 5.88. The molecule has 0 saturated heterocycles. The second-order valence-corrected chi connectivity index (χ2v) is 4.08. The Hall–Kier alpha value is -1.22. The van der Waals surface area contributed by atoms with Gasteiger partial charge in [0.1, 0.15) is 11.6 Å². The van der Waals surface area contributed by atoms with Crippen LogP contribution in [0.4, 0.5) is 8.78 Å². The van der Waals surface area contributed by atoms with E-state index in [0.29, 0.717) is 5.56 Å². The lowest BCUT2D eigenvalue weighted by atomic mass is 10.1. The molecule has 0 saturated carbocycles. The smallest absolute Gasteiger partial charge is 0.126 e. The van der Waals surface area contributed by atoms with Gasteiger partial charge >= 0.3 is 0 Å². The maximum Gasteiger partial charge on any atom is 0.126 e. The molecule has 0 fully saturated rings. The molecule has 0 amide bonds. The normalized spacial score (nSPS) is 11.9. The van der Waals surface area contributed by atoms with E-state index in [0.717, 1.165) is 37.6 Å². The SMILES string of the molecule is CCCNCCC=C(C)c1cc(F)cc(F)c1. The zero-order chi connectivity index (χ0) is 12.7. The molecule has 0 aliphatic rings. The molecule has 0 radical (unpaired) electrons. The highest BCUT2D eigenvalue weighted by molar-refractivity contribution is 5.63. The summed E-state index contributed by atoms with van der Waals surface area (Å²) in [5, 5.41) is 3.27. The fraction of sp³-hybridized carbons (Fsp3) is 0.429. The van der Waals surface area contributed by atoms with E-state index in [1.807, 2.05) is 13.0 Å². The summed E-state index contributed by atoms with van der Waals surface area (Å²) in [6, 6.07) is 3.60. The van der Waals surface area contributed by atoms with E-state index in [-0.39, 0.29) is 0 Å². The van der Waals surface area contributed by atoms with E-state index >= 15 is 0 Å².